The average molecular weight is 348 g/mol. The number of nitrogens with zero attached hydrogens (tertiary/aromatic N) is 1. The van der Waals surface area contributed by atoms with Crippen molar-refractivity contribution in [2.45, 2.75) is 25.6 Å². The summed E-state index contributed by atoms with van der Waals surface area (Å²) in [7, 11) is 1.63. The van der Waals surface area contributed by atoms with Crippen molar-refractivity contribution in [3.63, 3.8) is 0 Å². The summed E-state index contributed by atoms with van der Waals surface area (Å²) < 4.78 is 5.16. The number of thiophene rings is 1. The largest absolute Gasteiger partial charge is 0.497 e. The van der Waals surface area contributed by atoms with Crippen molar-refractivity contribution in [2.75, 3.05) is 19.5 Å². The monoisotopic (exact) mass is 348 g/mol. The average Bonchev–Trinajstić information content (AvgIpc) is 2.89. The van der Waals surface area contributed by atoms with Crippen LogP contribution in [0.15, 0.2) is 24.3 Å². The van der Waals surface area contributed by atoms with Crippen LogP contribution in [0.5, 0.6) is 5.75 Å². The van der Waals surface area contributed by atoms with Gasteiger partial charge in [0.25, 0.3) is 0 Å². The van der Waals surface area contributed by atoms with Crippen LogP contribution < -0.4 is 10.5 Å². The molecule has 0 saturated heterocycles. The Kier molecular flexibility index (Phi) is 4.75. The van der Waals surface area contributed by atoms with Crippen molar-refractivity contribution in [1.82, 2.24) is 4.90 Å². The van der Waals surface area contributed by atoms with Crippen LogP contribution in [0.4, 0.5) is 5.00 Å². The van der Waals surface area contributed by atoms with E-state index in [0.717, 1.165) is 21.8 Å². The van der Waals surface area contributed by atoms with Gasteiger partial charge in [-0.25, -0.2) is 4.79 Å². The zero-order chi connectivity index (χ0) is 17.3. The van der Waals surface area contributed by atoms with E-state index < -0.39 is 5.97 Å². The van der Waals surface area contributed by atoms with Crippen LogP contribution in [-0.2, 0) is 19.5 Å². The number of nitrogens with two attached hydrogens (primary N) is 1. The second-order valence-electron chi connectivity index (χ2n) is 5.84. The van der Waals surface area contributed by atoms with Crippen LogP contribution in [-0.4, -0.2) is 40.8 Å². The van der Waals surface area contributed by atoms with Crippen molar-refractivity contribution < 1.29 is 19.7 Å². The summed E-state index contributed by atoms with van der Waals surface area (Å²) in [4.78, 5) is 14.6. The molecule has 7 heteroatoms. The molecule has 1 unspecified atom stereocenters. The highest BCUT2D eigenvalue weighted by Crippen LogP contribution is 2.37. The number of methoxy groups -OCH3 is 1. The van der Waals surface area contributed by atoms with Gasteiger partial charge in [0, 0.05) is 24.0 Å². The van der Waals surface area contributed by atoms with E-state index >= 15 is 0 Å². The lowest BCUT2D eigenvalue weighted by Crippen LogP contribution is -2.42. The molecule has 4 N–H and O–H groups in total. The Labute approximate surface area is 144 Å². The Bertz CT molecular complexity index is 742. The van der Waals surface area contributed by atoms with Crippen LogP contribution in [0, 0.1) is 0 Å². The summed E-state index contributed by atoms with van der Waals surface area (Å²) in [5, 5.41) is 19.4. The number of benzene rings is 1. The minimum atomic E-state index is -0.995. The van der Waals surface area contributed by atoms with Crippen LogP contribution in [0.3, 0.4) is 0 Å². The number of aromatic carboxylic acids is 1. The molecular formula is C17H20N2O4S. The van der Waals surface area contributed by atoms with Gasteiger partial charge in [-0.15, -0.1) is 11.3 Å². The number of rotatable bonds is 5. The molecule has 0 amide bonds. The quantitative estimate of drug-likeness (QED) is 0.764. The molecule has 0 spiro atoms. The first-order chi connectivity index (χ1) is 11.5. The first-order valence-corrected chi connectivity index (χ1v) is 8.46. The topological polar surface area (TPSA) is 96.0 Å². The highest BCUT2D eigenvalue weighted by atomic mass is 32.1. The maximum Gasteiger partial charge on any atom is 0.338 e. The predicted octanol–water partition coefficient (Wildman–Crippen LogP) is 1.96. The van der Waals surface area contributed by atoms with E-state index in [1.54, 1.807) is 7.11 Å². The van der Waals surface area contributed by atoms with E-state index in [1.165, 1.54) is 11.3 Å². The number of aliphatic hydroxyl groups excluding tert-OH is 1. The van der Waals surface area contributed by atoms with E-state index in [0.29, 0.717) is 24.5 Å². The Morgan fingerprint density at radius 2 is 2.12 bits per heavy atom. The van der Waals surface area contributed by atoms with Crippen molar-refractivity contribution in [2.24, 2.45) is 0 Å². The minimum absolute atomic E-state index is 0.0234. The van der Waals surface area contributed by atoms with Crippen LogP contribution in [0.25, 0.3) is 0 Å². The lowest BCUT2D eigenvalue weighted by atomic mass is 9.96. The number of carbonyl (C=O) groups is 1. The van der Waals surface area contributed by atoms with Crippen molar-refractivity contribution in [1.29, 1.82) is 0 Å². The molecule has 1 aliphatic rings. The number of anilines is 1. The second-order valence-corrected chi connectivity index (χ2v) is 6.98. The highest BCUT2D eigenvalue weighted by molar-refractivity contribution is 7.16. The molecule has 2 heterocycles. The number of hydrogen-bond donors (Lipinski definition) is 3. The third kappa shape index (κ3) is 3.10. The number of ether oxygens (including phenoxy) is 1. The molecule has 1 aromatic carbocycles. The summed E-state index contributed by atoms with van der Waals surface area (Å²) in [5.41, 5.74) is 7.97. The normalized spacial score (nSPS) is 17.5. The summed E-state index contributed by atoms with van der Waals surface area (Å²) >= 11 is 1.33. The summed E-state index contributed by atoms with van der Waals surface area (Å²) in [6, 6.07) is 7.68. The van der Waals surface area contributed by atoms with Gasteiger partial charge in [-0.05, 0) is 29.7 Å². The Hall–Kier alpha value is -2.09. The maximum absolute atomic E-state index is 11.4. The molecular weight excluding hydrogens is 328 g/mol. The molecule has 1 aliphatic heterocycles. The van der Waals surface area contributed by atoms with Gasteiger partial charge in [0.05, 0.1) is 19.3 Å². The molecule has 0 fully saturated rings. The third-order valence-corrected chi connectivity index (χ3v) is 5.44. The standard InChI is InChI=1S/C17H20N2O4S/c1-23-12-4-2-10(3-5-12)7-19-8-14-13(6-11(19)9-20)15(17(21)22)16(18)24-14/h2-5,11,20H,6-9,18H2,1H3,(H,21,22). The van der Waals surface area contributed by atoms with Gasteiger partial charge in [0.1, 0.15) is 10.8 Å². The summed E-state index contributed by atoms with van der Waals surface area (Å²) in [6.07, 6.45) is 0.497. The molecule has 3 rings (SSSR count). The molecule has 1 atom stereocenters. The number of hydrogen-bond acceptors (Lipinski definition) is 6. The maximum atomic E-state index is 11.4. The van der Waals surface area contributed by atoms with Gasteiger partial charge in [-0.3, -0.25) is 4.90 Å². The number of nitrogen functional groups attached to an aromatic ring is 1. The second kappa shape index (κ2) is 6.80. The van der Waals surface area contributed by atoms with E-state index in [4.69, 9.17) is 10.5 Å². The highest BCUT2D eigenvalue weighted by Gasteiger charge is 2.32. The first kappa shape index (κ1) is 16.8. The minimum Gasteiger partial charge on any atom is -0.497 e. The van der Waals surface area contributed by atoms with E-state index in [9.17, 15) is 15.0 Å². The van der Waals surface area contributed by atoms with Crippen LogP contribution in [0.2, 0.25) is 0 Å². The first-order valence-electron chi connectivity index (χ1n) is 7.64. The third-order valence-electron chi connectivity index (χ3n) is 4.39. The lowest BCUT2D eigenvalue weighted by Gasteiger charge is -2.34. The number of fused-ring (bicyclic) bond motifs is 1. The van der Waals surface area contributed by atoms with Crippen molar-refractivity contribution in [3.05, 3.63) is 45.8 Å². The van der Waals surface area contributed by atoms with Gasteiger partial charge in [0.15, 0.2) is 0 Å². The van der Waals surface area contributed by atoms with Gasteiger partial charge < -0.3 is 20.7 Å². The van der Waals surface area contributed by atoms with E-state index in [-0.39, 0.29) is 18.2 Å². The van der Waals surface area contributed by atoms with Gasteiger partial charge in [-0.1, -0.05) is 12.1 Å². The molecule has 0 aliphatic carbocycles. The SMILES string of the molecule is COc1ccc(CN2Cc3sc(N)c(C(=O)O)c3CC2CO)cc1. The van der Waals surface area contributed by atoms with E-state index in [1.807, 2.05) is 24.3 Å². The number of carboxylic acids is 1. The zero-order valence-electron chi connectivity index (χ0n) is 13.4. The van der Waals surface area contributed by atoms with Gasteiger partial charge in [0.2, 0.25) is 0 Å². The molecule has 1 aromatic heterocycles. The fourth-order valence-corrected chi connectivity index (χ4v) is 4.24. The van der Waals surface area contributed by atoms with Crippen LogP contribution >= 0.6 is 11.3 Å². The smallest absolute Gasteiger partial charge is 0.338 e. The molecule has 2 aromatic rings. The molecule has 0 bridgehead atoms. The molecule has 24 heavy (non-hydrogen) atoms. The Morgan fingerprint density at radius 3 is 2.71 bits per heavy atom. The number of carboxylic acid groups (broad SMARTS) is 1. The lowest BCUT2D eigenvalue weighted by molar-refractivity contribution is 0.0691. The Balaban J connectivity index is 1.84. The molecule has 6 nitrogen and oxygen atoms in total. The van der Waals surface area contributed by atoms with Crippen molar-refractivity contribution >= 4 is 22.3 Å². The van der Waals surface area contributed by atoms with Gasteiger partial charge in [-0.2, -0.15) is 0 Å². The van der Waals surface area contributed by atoms with Crippen LogP contribution in [0.1, 0.15) is 26.4 Å². The molecule has 0 saturated carbocycles. The summed E-state index contributed by atoms with van der Waals surface area (Å²) in [5.74, 6) is -0.194. The molecule has 0 radical (unpaired) electrons. The fraction of sp³-hybridized carbons (Fsp3) is 0.353. The van der Waals surface area contributed by atoms with E-state index in [2.05, 4.69) is 4.90 Å². The fourth-order valence-electron chi connectivity index (χ4n) is 3.12. The van der Waals surface area contributed by atoms with Crippen molar-refractivity contribution in [3.8, 4) is 5.75 Å². The van der Waals surface area contributed by atoms with Gasteiger partial charge >= 0.3 is 5.97 Å². The Morgan fingerprint density at radius 1 is 1.42 bits per heavy atom. The molecule has 128 valence electrons. The number of aliphatic hydroxyl groups is 1. The predicted molar refractivity (Wildman–Crippen MR) is 92.5 cm³/mol. The summed E-state index contributed by atoms with van der Waals surface area (Å²) in [6.45, 7) is 1.24. The zero-order valence-corrected chi connectivity index (χ0v) is 14.2.